The van der Waals surface area contributed by atoms with E-state index >= 15 is 0 Å². The van der Waals surface area contributed by atoms with Crippen LogP contribution < -0.4 is 24.9 Å². The van der Waals surface area contributed by atoms with Crippen LogP contribution in [-0.2, 0) is 4.79 Å². The van der Waals surface area contributed by atoms with Crippen LogP contribution >= 0.6 is 22.7 Å². The number of fused-ring (bicyclic) bond motifs is 1. The van der Waals surface area contributed by atoms with Crippen molar-refractivity contribution in [2.45, 2.75) is 13.0 Å². The maximum Gasteiger partial charge on any atom is 0.271 e. The Labute approximate surface area is 203 Å². The van der Waals surface area contributed by atoms with Crippen LogP contribution in [0.5, 0.6) is 5.75 Å². The predicted molar refractivity (Wildman–Crippen MR) is 136 cm³/mol. The highest BCUT2D eigenvalue weighted by molar-refractivity contribution is 7.11. The zero-order valence-electron chi connectivity index (χ0n) is 18.5. The Kier molecular flexibility index (Phi) is 6.00. The topological polar surface area (TPSA) is 72.7 Å². The lowest BCUT2D eigenvalue weighted by molar-refractivity contribution is -0.113. The van der Waals surface area contributed by atoms with Gasteiger partial charge in [-0.3, -0.25) is 14.2 Å². The molecule has 1 aliphatic rings. The van der Waals surface area contributed by atoms with Gasteiger partial charge in [0.2, 0.25) is 0 Å². The number of benzene rings is 2. The molecule has 5 rings (SSSR count). The van der Waals surface area contributed by atoms with Crippen LogP contribution in [-0.4, -0.2) is 17.6 Å². The molecular formula is C26H21N3O3S2. The van der Waals surface area contributed by atoms with E-state index in [1.807, 2.05) is 85.1 Å². The van der Waals surface area contributed by atoms with Gasteiger partial charge in [0.1, 0.15) is 5.75 Å². The molecule has 0 bridgehead atoms. The fourth-order valence-electron chi connectivity index (χ4n) is 3.94. The number of nitrogens with one attached hydrogen (secondary N) is 1. The normalized spacial score (nSPS) is 15.6. The molecule has 34 heavy (non-hydrogen) atoms. The van der Waals surface area contributed by atoms with Crippen molar-refractivity contribution < 1.29 is 9.53 Å². The third kappa shape index (κ3) is 4.13. The molecule has 0 radical (unpaired) electrons. The summed E-state index contributed by atoms with van der Waals surface area (Å²) in [7, 11) is 1.60. The Balaban J connectivity index is 1.68. The van der Waals surface area contributed by atoms with Crippen LogP contribution in [0.4, 0.5) is 5.69 Å². The fraction of sp³-hybridized carbons (Fsp3) is 0.115. The molecule has 0 unspecified atom stereocenters. The summed E-state index contributed by atoms with van der Waals surface area (Å²) in [6, 6.07) is 20.0. The van der Waals surface area contributed by atoms with E-state index < -0.39 is 6.04 Å². The summed E-state index contributed by atoms with van der Waals surface area (Å²) < 4.78 is 7.51. The average molecular weight is 488 g/mol. The Morgan fingerprint density at radius 2 is 1.85 bits per heavy atom. The molecule has 4 aromatic rings. The van der Waals surface area contributed by atoms with Crippen molar-refractivity contribution in [1.82, 2.24) is 4.57 Å². The van der Waals surface area contributed by atoms with Crippen molar-refractivity contribution in [3.05, 3.63) is 114 Å². The van der Waals surface area contributed by atoms with E-state index in [-0.39, 0.29) is 11.5 Å². The highest BCUT2D eigenvalue weighted by Crippen LogP contribution is 2.31. The average Bonchev–Trinajstić information content (AvgIpc) is 3.47. The minimum Gasteiger partial charge on any atom is -0.497 e. The molecule has 2 aromatic carbocycles. The molecule has 1 atom stereocenters. The minimum atomic E-state index is -0.614. The SMILES string of the molecule is COc1ccc([C@H]2C(C(=O)Nc3ccccc3)=C(C)N=c3s/c(=C/c4cccs4)c(=O)n32)cc1. The number of hydrogen-bond donors (Lipinski definition) is 1. The van der Waals surface area contributed by atoms with Crippen LogP contribution in [0.1, 0.15) is 23.4 Å². The van der Waals surface area contributed by atoms with Gasteiger partial charge in [0.05, 0.1) is 29.0 Å². The lowest BCUT2D eigenvalue weighted by Crippen LogP contribution is -2.40. The van der Waals surface area contributed by atoms with Crippen LogP contribution in [0.15, 0.2) is 93.2 Å². The molecule has 3 heterocycles. The number of rotatable bonds is 5. The van der Waals surface area contributed by atoms with E-state index in [1.54, 1.807) is 23.0 Å². The van der Waals surface area contributed by atoms with E-state index in [0.29, 0.717) is 32.0 Å². The smallest absolute Gasteiger partial charge is 0.271 e. The second-order valence-electron chi connectivity index (χ2n) is 7.69. The molecule has 2 aromatic heterocycles. The van der Waals surface area contributed by atoms with Gasteiger partial charge in [0.15, 0.2) is 4.80 Å². The molecule has 170 valence electrons. The monoisotopic (exact) mass is 487 g/mol. The van der Waals surface area contributed by atoms with Crippen molar-refractivity contribution >= 4 is 40.3 Å². The third-order valence-corrected chi connectivity index (χ3v) is 7.35. The van der Waals surface area contributed by atoms with Gasteiger partial charge in [-0.2, -0.15) is 0 Å². The number of ether oxygens (including phenoxy) is 1. The van der Waals surface area contributed by atoms with Crippen molar-refractivity contribution in [3.63, 3.8) is 0 Å². The summed E-state index contributed by atoms with van der Waals surface area (Å²) in [5.74, 6) is 0.408. The van der Waals surface area contributed by atoms with Gasteiger partial charge in [-0.25, -0.2) is 4.99 Å². The Hall–Kier alpha value is -3.75. The quantitative estimate of drug-likeness (QED) is 0.463. The lowest BCUT2D eigenvalue weighted by atomic mass is 9.95. The first-order chi connectivity index (χ1) is 16.5. The molecule has 1 amide bonds. The van der Waals surface area contributed by atoms with Crippen LogP contribution in [0.2, 0.25) is 0 Å². The minimum absolute atomic E-state index is 0.171. The maximum atomic E-state index is 13.6. The van der Waals surface area contributed by atoms with Crippen molar-refractivity contribution in [1.29, 1.82) is 0 Å². The first kappa shape index (κ1) is 22.1. The van der Waals surface area contributed by atoms with Crippen LogP contribution in [0.25, 0.3) is 6.08 Å². The number of hydrogen-bond acceptors (Lipinski definition) is 6. The van der Waals surface area contributed by atoms with Gasteiger partial charge in [-0.05, 0) is 54.3 Å². The zero-order valence-corrected chi connectivity index (χ0v) is 20.2. The highest BCUT2D eigenvalue weighted by Gasteiger charge is 2.32. The number of allylic oxidation sites excluding steroid dienone is 1. The number of thiophene rings is 1. The zero-order chi connectivity index (χ0) is 23.7. The maximum absolute atomic E-state index is 13.6. The summed E-state index contributed by atoms with van der Waals surface area (Å²) in [6.45, 7) is 1.81. The molecule has 0 saturated carbocycles. The van der Waals surface area contributed by atoms with Gasteiger partial charge < -0.3 is 10.1 Å². The summed E-state index contributed by atoms with van der Waals surface area (Å²) in [4.78, 5) is 33.3. The number of para-hydroxylation sites is 1. The lowest BCUT2D eigenvalue weighted by Gasteiger charge is -2.25. The molecule has 0 aliphatic carbocycles. The number of carbonyl (C=O) groups is 1. The predicted octanol–water partition coefficient (Wildman–Crippen LogP) is 3.94. The summed E-state index contributed by atoms with van der Waals surface area (Å²) >= 11 is 2.90. The summed E-state index contributed by atoms with van der Waals surface area (Å²) in [5.41, 5.74) is 2.33. The van der Waals surface area contributed by atoms with E-state index in [0.717, 1.165) is 10.4 Å². The molecule has 0 spiro atoms. The van der Waals surface area contributed by atoms with Gasteiger partial charge in [-0.15, -0.1) is 11.3 Å². The molecule has 0 saturated heterocycles. The number of thiazole rings is 1. The molecule has 0 fully saturated rings. The molecule has 1 aliphatic heterocycles. The summed E-state index contributed by atoms with van der Waals surface area (Å²) in [5, 5.41) is 4.93. The Morgan fingerprint density at radius 3 is 2.53 bits per heavy atom. The number of amides is 1. The Morgan fingerprint density at radius 1 is 1.09 bits per heavy atom. The Bertz CT molecular complexity index is 1550. The number of methoxy groups -OCH3 is 1. The largest absolute Gasteiger partial charge is 0.497 e. The standard InChI is InChI=1S/C26H21N3O3S2/c1-16-22(24(30)28-18-7-4-3-5-8-18)23(17-10-12-19(32-2)13-11-17)29-25(31)21(34-26(29)27-16)15-20-9-6-14-33-20/h3-15,23H,1-2H3,(H,28,30)/b21-15+/t23-/m0/s1. The van der Waals surface area contributed by atoms with Gasteiger partial charge in [-0.1, -0.05) is 47.7 Å². The number of aromatic nitrogens is 1. The molecule has 1 N–H and O–H groups in total. The molecular weight excluding hydrogens is 466 g/mol. The fourth-order valence-corrected chi connectivity index (χ4v) is 5.71. The van der Waals surface area contributed by atoms with Gasteiger partial charge in [0.25, 0.3) is 11.5 Å². The number of nitrogens with zero attached hydrogens (tertiary/aromatic N) is 2. The van der Waals surface area contributed by atoms with E-state index in [1.165, 1.54) is 11.3 Å². The van der Waals surface area contributed by atoms with Crippen molar-refractivity contribution in [2.24, 2.45) is 4.99 Å². The number of carbonyl (C=O) groups excluding carboxylic acids is 1. The second-order valence-corrected chi connectivity index (χ2v) is 9.68. The van der Waals surface area contributed by atoms with Crippen molar-refractivity contribution in [3.8, 4) is 5.75 Å². The van der Waals surface area contributed by atoms with E-state index in [9.17, 15) is 9.59 Å². The second kappa shape index (κ2) is 9.24. The highest BCUT2D eigenvalue weighted by atomic mass is 32.1. The van der Waals surface area contributed by atoms with Crippen LogP contribution in [0, 0.1) is 0 Å². The van der Waals surface area contributed by atoms with Gasteiger partial charge >= 0.3 is 0 Å². The molecule has 8 heteroatoms. The van der Waals surface area contributed by atoms with Crippen molar-refractivity contribution in [2.75, 3.05) is 12.4 Å². The third-order valence-electron chi connectivity index (χ3n) is 5.55. The molecule has 6 nitrogen and oxygen atoms in total. The van der Waals surface area contributed by atoms with E-state index in [2.05, 4.69) is 10.3 Å². The van der Waals surface area contributed by atoms with E-state index in [4.69, 9.17) is 4.74 Å². The summed E-state index contributed by atoms with van der Waals surface area (Å²) in [6.07, 6.45) is 1.88. The number of anilines is 1. The van der Waals surface area contributed by atoms with Crippen LogP contribution in [0.3, 0.4) is 0 Å². The van der Waals surface area contributed by atoms with Gasteiger partial charge in [0, 0.05) is 10.6 Å². The first-order valence-electron chi connectivity index (χ1n) is 10.6. The first-order valence-corrected chi connectivity index (χ1v) is 12.3.